The van der Waals surface area contributed by atoms with Crippen LogP contribution < -0.4 is 0 Å². The van der Waals surface area contributed by atoms with Crippen molar-refractivity contribution in [3.05, 3.63) is 156 Å². The SMILES string of the molecule is C(=C\c1ccc(-c2ccccc2)cc1)/c1ccc(/C=C/c2ccc(-c3ccccc3)cc2)cc1. The molecule has 0 N–H and O–H groups in total. The predicted molar refractivity (Wildman–Crippen MR) is 148 cm³/mol. The van der Waals surface area contributed by atoms with Crippen LogP contribution in [0.1, 0.15) is 22.3 Å². The highest BCUT2D eigenvalue weighted by molar-refractivity contribution is 5.75. The van der Waals surface area contributed by atoms with Gasteiger partial charge in [-0.1, -0.05) is 158 Å². The minimum atomic E-state index is 1.19. The Labute approximate surface area is 202 Å². The van der Waals surface area contributed by atoms with Gasteiger partial charge in [-0.25, -0.2) is 0 Å². The molecule has 5 rings (SSSR count). The first-order chi connectivity index (χ1) is 16.8. The van der Waals surface area contributed by atoms with E-state index in [4.69, 9.17) is 0 Å². The number of benzene rings is 5. The molecule has 0 aliphatic heterocycles. The third-order valence-corrected chi connectivity index (χ3v) is 5.91. The normalized spacial score (nSPS) is 11.3. The fourth-order valence-electron chi connectivity index (χ4n) is 3.94. The number of rotatable bonds is 6. The summed E-state index contributed by atoms with van der Waals surface area (Å²) in [5.41, 5.74) is 9.74. The summed E-state index contributed by atoms with van der Waals surface area (Å²) in [5.74, 6) is 0. The Hall–Kier alpha value is -4.42. The molecule has 0 heterocycles. The zero-order valence-electron chi connectivity index (χ0n) is 19.0. The van der Waals surface area contributed by atoms with Crippen LogP contribution in [0, 0.1) is 0 Å². The maximum atomic E-state index is 2.18. The van der Waals surface area contributed by atoms with Crippen molar-refractivity contribution in [1.82, 2.24) is 0 Å². The fraction of sp³-hybridized carbons (Fsp3) is 0. The quantitative estimate of drug-likeness (QED) is 0.234. The maximum absolute atomic E-state index is 2.18. The first-order valence-corrected chi connectivity index (χ1v) is 11.6. The third-order valence-electron chi connectivity index (χ3n) is 5.91. The van der Waals surface area contributed by atoms with Crippen LogP contribution in [0.15, 0.2) is 133 Å². The van der Waals surface area contributed by atoms with Crippen LogP contribution >= 0.6 is 0 Å². The molecule has 5 aromatic rings. The molecule has 0 spiro atoms. The van der Waals surface area contributed by atoms with Gasteiger partial charge in [0.15, 0.2) is 0 Å². The van der Waals surface area contributed by atoms with Gasteiger partial charge in [0.05, 0.1) is 0 Å². The topological polar surface area (TPSA) is 0 Å². The minimum Gasteiger partial charge on any atom is -0.0622 e. The van der Waals surface area contributed by atoms with Gasteiger partial charge in [-0.05, 0) is 44.5 Å². The van der Waals surface area contributed by atoms with Gasteiger partial charge in [0.1, 0.15) is 0 Å². The zero-order valence-corrected chi connectivity index (χ0v) is 19.0. The van der Waals surface area contributed by atoms with Crippen LogP contribution in [0.3, 0.4) is 0 Å². The molecule has 0 saturated carbocycles. The van der Waals surface area contributed by atoms with Gasteiger partial charge in [0.25, 0.3) is 0 Å². The lowest BCUT2D eigenvalue weighted by molar-refractivity contribution is 1.59. The predicted octanol–water partition coefficient (Wildman–Crippen LogP) is 9.36. The summed E-state index contributed by atoms with van der Waals surface area (Å²) >= 11 is 0. The van der Waals surface area contributed by atoms with E-state index in [9.17, 15) is 0 Å². The van der Waals surface area contributed by atoms with Gasteiger partial charge >= 0.3 is 0 Å². The standard InChI is InChI=1S/C34H26/c1-3-7-31(8-4-1)33-23-19-29(20-24-33)17-15-27-11-13-28(14-12-27)16-18-30-21-25-34(26-22-30)32-9-5-2-6-10-32/h1-26H/b17-15+,18-16+. The monoisotopic (exact) mass is 434 g/mol. The summed E-state index contributed by atoms with van der Waals surface area (Å²) < 4.78 is 0. The van der Waals surface area contributed by atoms with Crippen LogP contribution in [0.25, 0.3) is 46.6 Å². The smallest absolute Gasteiger partial charge is 0.0184 e. The van der Waals surface area contributed by atoms with Gasteiger partial charge in [-0.3, -0.25) is 0 Å². The van der Waals surface area contributed by atoms with E-state index in [1.807, 2.05) is 12.1 Å². The summed E-state index contributed by atoms with van der Waals surface area (Å²) in [6, 6.07) is 46.9. The van der Waals surface area contributed by atoms with E-state index in [1.165, 1.54) is 44.5 Å². The molecule has 0 fully saturated rings. The molecular weight excluding hydrogens is 408 g/mol. The Kier molecular flexibility index (Phi) is 6.59. The Morgan fingerprint density at radius 3 is 0.765 bits per heavy atom. The molecule has 0 nitrogen and oxygen atoms in total. The molecule has 0 aliphatic carbocycles. The number of hydrogen-bond donors (Lipinski definition) is 0. The van der Waals surface area contributed by atoms with Crippen molar-refractivity contribution in [2.24, 2.45) is 0 Å². The van der Waals surface area contributed by atoms with Crippen LogP contribution in [-0.4, -0.2) is 0 Å². The first kappa shape index (κ1) is 21.4. The van der Waals surface area contributed by atoms with E-state index in [-0.39, 0.29) is 0 Å². The minimum absolute atomic E-state index is 1.19. The number of hydrogen-bond acceptors (Lipinski definition) is 0. The highest BCUT2D eigenvalue weighted by Crippen LogP contribution is 2.21. The summed E-state index contributed by atoms with van der Waals surface area (Å²) in [6.45, 7) is 0. The molecule has 0 amide bonds. The van der Waals surface area contributed by atoms with Crippen LogP contribution in [0.4, 0.5) is 0 Å². The summed E-state index contributed by atoms with van der Waals surface area (Å²) in [7, 11) is 0. The lowest BCUT2D eigenvalue weighted by Gasteiger charge is -2.02. The molecule has 0 heteroatoms. The second kappa shape index (κ2) is 10.5. The zero-order chi connectivity index (χ0) is 23.0. The molecule has 0 saturated heterocycles. The van der Waals surface area contributed by atoms with Crippen molar-refractivity contribution >= 4 is 24.3 Å². The molecule has 162 valence electrons. The van der Waals surface area contributed by atoms with Crippen LogP contribution in [0.5, 0.6) is 0 Å². The molecular formula is C34H26. The Morgan fingerprint density at radius 2 is 0.471 bits per heavy atom. The molecule has 0 radical (unpaired) electrons. The van der Waals surface area contributed by atoms with Crippen molar-refractivity contribution in [3.8, 4) is 22.3 Å². The highest BCUT2D eigenvalue weighted by Gasteiger charge is 1.97. The highest BCUT2D eigenvalue weighted by atomic mass is 14.0. The van der Waals surface area contributed by atoms with Crippen molar-refractivity contribution in [2.75, 3.05) is 0 Å². The molecule has 0 aromatic heterocycles. The average molecular weight is 435 g/mol. The van der Waals surface area contributed by atoms with Crippen molar-refractivity contribution in [3.63, 3.8) is 0 Å². The van der Waals surface area contributed by atoms with E-state index in [0.29, 0.717) is 0 Å². The lowest BCUT2D eigenvalue weighted by Crippen LogP contribution is -1.79. The molecule has 0 aliphatic rings. The Balaban J connectivity index is 1.21. The summed E-state index contributed by atoms with van der Waals surface area (Å²) in [4.78, 5) is 0. The van der Waals surface area contributed by atoms with Crippen molar-refractivity contribution in [2.45, 2.75) is 0 Å². The summed E-state index contributed by atoms with van der Waals surface area (Å²) in [6.07, 6.45) is 8.64. The van der Waals surface area contributed by atoms with E-state index < -0.39 is 0 Å². The van der Waals surface area contributed by atoms with Gasteiger partial charge in [-0.2, -0.15) is 0 Å². The molecule has 5 aromatic carbocycles. The largest absolute Gasteiger partial charge is 0.0622 e. The van der Waals surface area contributed by atoms with E-state index in [0.717, 1.165) is 0 Å². The van der Waals surface area contributed by atoms with Crippen LogP contribution in [-0.2, 0) is 0 Å². The Bertz CT molecular complexity index is 1260. The molecule has 0 bridgehead atoms. The van der Waals surface area contributed by atoms with Crippen molar-refractivity contribution in [1.29, 1.82) is 0 Å². The first-order valence-electron chi connectivity index (χ1n) is 11.6. The van der Waals surface area contributed by atoms with E-state index >= 15 is 0 Å². The Morgan fingerprint density at radius 1 is 0.235 bits per heavy atom. The second-order valence-corrected chi connectivity index (χ2v) is 8.31. The molecule has 34 heavy (non-hydrogen) atoms. The molecule has 0 atom stereocenters. The molecule has 0 unspecified atom stereocenters. The van der Waals surface area contributed by atoms with Crippen LogP contribution in [0.2, 0.25) is 0 Å². The second-order valence-electron chi connectivity index (χ2n) is 8.31. The summed E-state index contributed by atoms with van der Waals surface area (Å²) in [5, 5.41) is 0. The van der Waals surface area contributed by atoms with Gasteiger partial charge in [-0.15, -0.1) is 0 Å². The van der Waals surface area contributed by atoms with Gasteiger partial charge < -0.3 is 0 Å². The van der Waals surface area contributed by atoms with E-state index in [2.05, 4.69) is 146 Å². The average Bonchev–Trinajstić information content (AvgIpc) is 2.93. The fourth-order valence-corrected chi connectivity index (χ4v) is 3.94. The third kappa shape index (κ3) is 5.49. The lowest BCUT2D eigenvalue weighted by atomic mass is 10.0. The van der Waals surface area contributed by atoms with Gasteiger partial charge in [0.2, 0.25) is 0 Å². The maximum Gasteiger partial charge on any atom is -0.0184 e. The van der Waals surface area contributed by atoms with E-state index in [1.54, 1.807) is 0 Å². The van der Waals surface area contributed by atoms with Gasteiger partial charge in [0, 0.05) is 0 Å². The van der Waals surface area contributed by atoms with Crippen molar-refractivity contribution < 1.29 is 0 Å².